The van der Waals surface area contributed by atoms with E-state index in [1.807, 2.05) is 65.2 Å². The average Bonchev–Trinajstić information content (AvgIpc) is 2.99. The van der Waals surface area contributed by atoms with Gasteiger partial charge in [-0.1, -0.05) is 36.4 Å². The molecule has 0 saturated carbocycles. The van der Waals surface area contributed by atoms with Crippen LogP contribution < -0.4 is 11.1 Å². The molecular weight excluding hydrogens is 356 g/mol. The van der Waals surface area contributed by atoms with Crippen LogP contribution in [0.15, 0.2) is 72.8 Å². The number of carbonyl (C=O) groups is 1. The molecule has 6 heteroatoms. The van der Waals surface area contributed by atoms with Gasteiger partial charge >= 0.3 is 0 Å². The SMILES string of the molecule is Nc1ccccc1NC(=O)c1ccc(Cn2c(=S)[nH]c3ccccc32)cc1. The molecule has 0 unspecified atom stereocenters. The number of aromatic amines is 1. The highest BCUT2D eigenvalue weighted by molar-refractivity contribution is 7.71. The van der Waals surface area contributed by atoms with Crippen molar-refractivity contribution in [3.8, 4) is 0 Å². The molecule has 0 aliphatic heterocycles. The van der Waals surface area contributed by atoms with Crippen molar-refractivity contribution in [2.45, 2.75) is 6.54 Å². The summed E-state index contributed by atoms with van der Waals surface area (Å²) in [5.74, 6) is -0.192. The van der Waals surface area contributed by atoms with Gasteiger partial charge in [-0.2, -0.15) is 0 Å². The lowest BCUT2D eigenvalue weighted by atomic mass is 10.1. The Kier molecular flexibility index (Phi) is 4.48. The van der Waals surface area contributed by atoms with Crippen molar-refractivity contribution >= 4 is 40.5 Å². The first-order valence-corrected chi connectivity index (χ1v) is 8.95. The number of nitrogen functional groups attached to an aromatic ring is 1. The summed E-state index contributed by atoms with van der Waals surface area (Å²) in [6, 6.07) is 22.7. The van der Waals surface area contributed by atoms with Crippen molar-refractivity contribution in [3.63, 3.8) is 0 Å². The average molecular weight is 374 g/mol. The Morgan fingerprint density at radius 1 is 1.00 bits per heavy atom. The molecule has 0 spiro atoms. The summed E-state index contributed by atoms with van der Waals surface area (Å²) in [6.07, 6.45) is 0. The normalized spacial score (nSPS) is 10.8. The van der Waals surface area contributed by atoms with E-state index >= 15 is 0 Å². The largest absolute Gasteiger partial charge is 0.397 e. The highest BCUT2D eigenvalue weighted by atomic mass is 32.1. The zero-order valence-electron chi connectivity index (χ0n) is 14.5. The van der Waals surface area contributed by atoms with Crippen LogP contribution in [0, 0.1) is 4.77 Å². The van der Waals surface area contributed by atoms with Gasteiger partial charge in [0.1, 0.15) is 0 Å². The first-order chi connectivity index (χ1) is 13.1. The Hall–Kier alpha value is -3.38. The third kappa shape index (κ3) is 3.47. The maximum Gasteiger partial charge on any atom is 0.255 e. The van der Waals surface area contributed by atoms with Crippen LogP contribution in [0.25, 0.3) is 11.0 Å². The van der Waals surface area contributed by atoms with Gasteiger partial charge in [0, 0.05) is 5.56 Å². The summed E-state index contributed by atoms with van der Waals surface area (Å²) in [4.78, 5) is 15.6. The number of aromatic nitrogens is 2. The van der Waals surface area contributed by atoms with Crippen LogP contribution in [0.4, 0.5) is 11.4 Å². The van der Waals surface area contributed by atoms with Gasteiger partial charge in [-0.3, -0.25) is 4.79 Å². The smallest absolute Gasteiger partial charge is 0.255 e. The van der Waals surface area contributed by atoms with E-state index in [1.165, 1.54) is 0 Å². The number of rotatable bonds is 4. The van der Waals surface area contributed by atoms with E-state index in [9.17, 15) is 4.79 Å². The number of imidazole rings is 1. The first-order valence-electron chi connectivity index (χ1n) is 8.54. The van der Waals surface area contributed by atoms with E-state index < -0.39 is 0 Å². The summed E-state index contributed by atoms with van der Waals surface area (Å²) < 4.78 is 2.72. The molecular formula is C21H18N4OS. The lowest BCUT2D eigenvalue weighted by Crippen LogP contribution is -2.13. The molecule has 0 radical (unpaired) electrons. The van der Waals surface area contributed by atoms with Crippen molar-refractivity contribution in [1.29, 1.82) is 0 Å². The zero-order valence-corrected chi connectivity index (χ0v) is 15.3. The van der Waals surface area contributed by atoms with Crippen LogP contribution in [0.3, 0.4) is 0 Å². The highest BCUT2D eigenvalue weighted by Crippen LogP contribution is 2.19. The zero-order chi connectivity index (χ0) is 18.8. The minimum Gasteiger partial charge on any atom is -0.397 e. The maximum atomic E-state index is 12.4. The van der Waals surface area contributed by atoms with E-state index in [0.29, 0.717) is 28.3 Å². The van der Waals surface area contributed by atoms with E-state index in [1.54, 1.807) is 12.1 Å². The van der Waals surface area contributed by atoms with E-state index in [2.05, 4.69) is 10.3 Å². The minimum atomic E-state index is -0.192. The molecule has 1 amide bonds. The monoisotopic (exact) mass is 374 g/mol. The molecule has 4 aromatic rings. The van der Waals surface area contributed by atoms with Gasteiger partial charge in [-0.05, 0) is 54.2 Å². The molecule has 0 fully saturated rings. The molecule has 27 heavy (non-hydrogen) atoms. The van der Waals surface area contributed by atoms with Crippen molar-refractivity contribution in [2.24, 2.45) is 0 Å². The van der Waals surface area contributed by atoms with Gasteiger partial charge in [0.2, 0.25) is 0 Å². The number of benzene rings is 3. The quantitative estimate of drug-likeness (QED) is 0.361. The highest BCUT2D eigenvalue weighted by Gasteiger charge is 2.09. The third-order valence-electron chi connectivity index (χ3n) is 4.45. The van der Waals surface area contributed by atoms with Gasteiger partial charge < -0.3 is 20.6 Å². The van der Waals surface area contributed by atoms with Gasteiger partial charge in [-0.25, -0.2) is 0 Å². The number of hydrogen-bond donors (Lipinski definition) is 3. The van der Waals surface area contributed by atoms with Gasteiger partial charge in [0.25, 0.3) is 5.91 Å². The second kappa shape index (κ2) is 7.09. The van der Waals surface area contributed by atoms with Crippen molar-refractivity contribution in [3.05, 3.63) is 88.7 Å². The van der Waals surface area contributed by atoms with E-state index in [-0.39, 0.29) is 5.91 Å². The Labute approximate surface area is 161 Å². The van der Waals surface area contributed by atoms with E-state index in [4.69, 9.17) is 18.0 Å². The molecule has 0 saturated heterocycles. The number of nitrogens with zero attached hydrogens (tertiary/aromatic N) is 1. The number of para-hydroxylation sites is 4. The number of carbonyl (C=O) groups excluding carboxylic acids is 1. The number of hydrogen-bond acceptors (Lipinski definition) is 3. The summed E-state index contributed by atoms with van der Waals surface area (Å²) in [5, 5.41) is 2.83. The number of H-pyrrole nitrogens is 1. The van der Waals surface area contributed by atoms with Crippen LogP contribution in [0.1, 0.15) is 15.9 Å². The van der Waals surface area contributed by atoms with Crippen molar-refractivity contribution < 1.29 is 4.79 Å². The predicted molar refractivity (Wildman–Crippen MR) is 111 cm³/mol. The van der Waals surface area contributed by atoms with E-state index in [0.717, 1.165) is 16.6 Å². The fourth-order valence-corrected chi connectivity index (χ4v) is 3.29. The number of fused-ring (bicyclic) bond motifs is 1. The van der Waals surface area contributed by atoms with Crippen LogP contribution >= 0.6 is 12.2 Å². The number of amides is 1. The second-order valence-electron chi connectivity index (χ2n) is 6.27. The van der Waals surface area contributed by atoms with Gasteiger partial charge in [0.15, 0.2) is 4.77 Å². The molecule has 3 aromatic carbocycles. The summed E-state index contributed by atoms with van der Waals surface area (Å²) in [6.45, 7) is 0.635. The Morgan fingerprint density at radius 3 is 2.48 bits per heavy atom. The second-order valence-corrected chi connectivity index (χ2v) is 6.66. The molecule has 0 aliphatic rings. The summed E-state index contributed by atoms with van der Waals surface area (Å²) >= 11 is 5.44. The fraction of sp³-hybridized carbons (Fsp3) is 0.0476. The van der Waals surface area contributed by atoms with Crippen molar-refractivity contribution in [2.75, 3.05) is 11.1 Å². The molecule has 0 bridgehead atoms. The summed E-state index contributed by atoms with van der Waals surface area (Å²) in [5.41, 5.74) is 10.7. The molecule has 1 heterocycles. The fourth-order valence-electron chi connectivity index (χ4n) is 3.01. The molecule has 5 nitrogen and oxygen atoms in total. The molecule has 4 N–H and O–H groups in total. The molecule has 0 aliphatic carbocycles. The van der Waals surface area contributed by atoms with Crippen LogP contribution in [0.2, 0.25) is 0 Å². The van der Waals surface area contributed by atoms with Gasteiger partial charge in [0.05, 0.1) is 29.0 Å². The standard InChI is InChI=1S/C21H18N4OS/c22-16-5-1-2-6-17(16)23-20(26)15-11-9-14(10-12-15)13-25-19-8-4-3-7-18(19)24-21(25)27/h1-12H,13,22H2,(H,23,26)(H,24,27). The third-order valence-corrected chi connectivity index (χ3v) is 4.77. The van der Waals surface area contributed by atoms with Gasteiger partial charge in [-0.15, -0.1) is 0 Å². The van der Waals surface area contributed by atoms with Crippen LogP contribution in [-0.2, 0) is 6.54 Å². The van der Waals surface area contributed by atoms with Crippen molar-refractivity contribution in [1.82, 2.24) is 9.55 Å². The molecule has 4 rings (SSSR count). The summed E-state index contributed by atoms with van der Waals surface area (Å²) in [7, 11) is 0. The Balaban J connectivity index is 1.54. The lowest BCUT2D eigenvalue weighted by Gasteiger charge is -2.09. The number of nitrogens with two attached hydrogens (primary N) is 1. The maximum absolute atomic E-state index is 12.4. The Morgan fingerprint density at radius 2 is 1.70 bits per heavy atom. The number of anilines is 2. The van der Waals surface area contributed by atoms with Crippen LogP contribution in [-0.4, -0.2) is 15.5 Å². The molecule has 1 aromatic heterocycles. The molecule has 0 atom stereocenters. The molecule has 134 valence electrons. The lowest BCUT2D eigenvalue weighted by molar-refractivity contribution is 0.102. The van der Waals surface area contributed by atoms with Crippen LogP contribution in [0.5, 0.6) is 0 Å². The minimum absolute atomic E-state index is 0.192. The first kappa shape index (κ1) is 17.1. The predicted octanol–water partition coefficient (Wildman–Crippen LogP) is 4.58. The number of nitrogens with one attached hydrogen (secondary N) is 2. The topological polar surface area (TPSA) is 75.8 Å². The Bertz CT molecular complexity index is 1170.